The first kappa shape index (κ1) is 13.0. The molecular weight excluding hydrogens is 251 g/mol. The molecule has 1 N–H and O–H groups in total. The Morgan fingerprint density at radius 3 is 2.78 bits per heavy atom. The maximum Gasteiger partial charge on any atom is 0.123 e. The van der Waals surface area contributed by atoms with Crippen molar-refractivity contribution in [2.45, 2.75) is 13.0 Å². The topological polar surface area (TPSA) is 24.9 Å². The van der Waals surface area contributed by atoms with Gasteiger partial charge < -0.3 is 5.32 Å². The number of nitrogens with zero attached hydrogens (tertiary/aromatic N) is 1. The van der Waals surface area contributed by atoms with E-state index in [2.05, 4.69) is 10.3 Å². The lowest BCUT2D eigenvalue weighted by molar-refractivity contribution is 0.595. The van der Waals surface area contributed by atoms with Gasteiger partial charge in [0.15, 0.2) is 0 Å². The summed E-state index contributed by atoms with van der Waals surface area (Å²) in [6.07, 6.45) is 1.60. The summed E-state index contributed by atoms with van der Waals surface area (Å²) in [6.45, 7) is 2.77. The molecule has 1 aromatic carbocycles. The number of pyridine rings is 1. The van der Waals surface area contributed by atoms with Gasteiger partial charge in [0.2, 0.25) is 0 Å². The third kappa shape index (κ3) is 3.06. The Balaban J connectivity index is 2.36. The van der Waals surface area contributed by atoms with E-state index in [0.717, 1.165) is 17.8 Å². The lowest BCUT2D eigenvalue weighted by Gasteiger charge is -2.18. The van der Waals surface area contributed by atoms with Crippen molar-refractivity contribution in [1.82, 2.24) is 10.3 Å². The summed E-state index contributed by atoms with van der Waals surface area (Å²) in [6, 6.07) is 10.0. The Morgan fingerprint density at radius 1 is 1.33 bits per heavy atom. The van der Waals surface area contributed by atoms with E-state index in [1.807, 2.05) is 19.1 Å². The van der Waals surface area contributed by atoms with Crippen LogP contribution in [0.5, 0.6) is 0 Å². The normalized spacial score (nSPS) is 12.4. The van der Waals surface area contributed by atoms with Crippen molar-refractivity contribution in [3.63, 3.8) is 0 Å². The van der Waals surface area contributed by atoms with Gasteiger partial charge in [-0.05, 0) is 36.4 Å². The standard InChI is InChI=1S/C14H14ClFN2/c1-2-17-14(10-4-3-5-12(16)8-10)13-7-6-11(15)9-18-13/h3-9,14,17H,2H2,1H3. The molecule has 1 unspecified atom stereocenters. The second kappa shape index (κ2) is 5.94. The van der Waals surface area contributed by atoms with Gasteiger partial charge in [0.1, 0.15) is 5.82 Å². The maximum absolute atomic E-state index is 13.3. The highest BCUT2D eigenvalue weighted by atomic mass is 35.5. The highest BCUT2D eigenvalue weighted by molar-refractivity contribution is 6.30. The Labute approximate surface area is 111 Å². The summed E-state index contributed by atoms with van der Waals surface area (Å²) in [7, 11) is 0. The van der Waals surface area contributed by atoms with Crippen LogP contribution >= 0.6 is 11.6 Å². The van der Waals surface area contributed by atoms with Crippen molar-refractivity contribution in [1.29, 1.82) is 0 Å². The summed E-state index contributed by atoms with van der Waals surface area (Å²) in [4.78, 5) is 4.29. The second-order valence-corrected chi connectivity index (χ2v) is 4.38. The first-order chi connectivity index (χ1) is 8.70. The number of halogens is 2. The Bertz CT molecular complexity index is 513. The van der Waals surface area contributed by atoms with Crippen molar-refractivity contribution in [2.24, 2.45) is 0 Å². The Kier molecular flexibility index (Phi) is 4.28. The lowest BCUT2D eigenvalue weighted by Crippen LogP contribution is -2.23. The van der Waals surface area contributed by atoms with Crippen molar-refractivity contribution in [2.75, 3.05) is 6.54 Å². The minimum Gasteiger partial charge on any atom is -0.305 e. The summed E-state index contributed by atoms with van der Waals surface area (Å²) >= 11 is 5.82. The first-order valence-electron chi connectivity index (χ1n) is 5.81. The van der Waals surface area contributed by atoms with Gasteiger partial charge in [-0.15, -0.1) is 0 Å². The number of hydrogen-bond acceptors (Lipinski definition) is 2. The molecule has 2 nitrogen and oxygen atoms in total. The van der Waals surface area contributed by atoms with Gasteiger partial charge in [-0.25, -0.2) is 4.39 Å². The van der Waals surface area contributed by atoms with Crippen LogP contribution in [-0.2, 0) is 0 Å². The summed E-state index contributed by atoms with van der Waals surface area (Å²) < 4.78 is 13.3. The zero-order valence-corrected chi connectivity index (χ0v) is 10.8. The molecule has 0 bridgehead atoms. The molecule has 0 radical (unpaired) electrons. The van der Waals surface area contributed by atoms with Crippen LogP contribution in [0.15, 0.2) is 42.6 Å². The molecule has 4 heteroatoms. The summed E-state index contributed by atoms with van der Waals surface area (Å²) in [5, 5.41) is 3.88. The molecule has 0 saturated carbocycles. The van der Waals surface area contributed by atoms with E-state index >= 15 is 0 Å². The molecule has 1 atom stereocenters. The van der Waals surface area contributed by atoms with E-state index in [9.17, 15) is 4.39 Å². The molecule has 0 fully saturated rings. The van der Waals surface area contributed by atoms with Crippen LogP contribution in [0.3, 0.4) is 0 Å². The fraction of sp³-hybridized carbons (Fsp3) is 0.214. The monoisotopic (exact) mass is 264 g/mol. The molecular formula is C14H14ClFN2. The maximum atomic E-state index is 13.3. The average molecular weight is 265 g/mol. The van der Waals surface area contributed by atoms with Gasteiger partial charge in [-0.3, -0.25) is 4.98 Å². The van der Waals surface area contributed by atoms with E-state index in [1.54, 1.807) is 18.3 Å². The minimum absolute atomic E-state index is 0.122. The first-order valence-corrected chi connectivity index (χ1v) is 6.19. The summed E-state index contributed by atoms with van der Waals surface area (Å²) in [5.74, 6) is -0.246. The molecule has 0 aliphatic heterocycles. The second-order valence-electron chi connectivity index (χ2n) is 3.95. The molecule has 0 aliphatic rings. The van der Waals surface area contributed by atoms with Crippen LogP contribution in [-0.4, -0.2) is 11.5 Å². The molecule has 1 aromatic heterocycles. The molecule has 0 saturated heterocycles. The van der Waals surface area contributed by atoms with E-state index in [4.69, 9.17) is 11.6 Å². The van der Waals surface area contributed by atoms with Crippen LogP contribution in [0.4, 0.5) is 4.39 Å². The lowest BCUT2D eigenvalue weighted by atomic mass is 10.0. The molecule has 0 aliphatic carbocycles. The number of hydrogen-bond donors (Lipinski definition) is 1. The van der Waals surface area contributed by atoms with Crippen LogP contribution in [0.1, 0.15) is 24.2 Å². The highest BCUT2D eigenvalue weighted by Crippen LogP contribution is 2.22. The number of benzene rings is 1. The Hall–Kier alpha value is -1.45. The molecule has 2 aromatic rings. The number of aromatic nitrogens is 1. The van der Waals surface area contributed by atoms with Crippen LogP contribution in [0.2, 0.25) is 5.02 Å². The van der Waals surface area contributed by atoms with Crippen molar-refractivity contribution < 1.29 is 4.39 Å². The SMILES string of the molecule is CCNC(c1cccc(F)c1)c1ccc(Cl)cn1. The molecule has 0 spiro atoms. The molecule has 1 heterocycles. The number of nitrogens with one attached hydrogen (secondary N) is 1. The average Bonchev–Trinajstić information content (AvgIpc) is 2.37. The minimum atomic E-state index is -0.246. The van der Waals surface area contributed by atoms with E-state index in [-0.39, 0.29) is 11.9 Å². The van der Waals surface area contributed by atoms with Crippen molar-refractivity contribution in [3.05, 3.63) is 64.7 Å². The molecule has 0 amide bonds. The van der Waals surface area contributed by atoms with Crippen LogP contribution in [0.25, 0.3) is 0 Å². The zero-order valence-electron chi connectivity index (χ0n) is 10.0. The van der Waals surface area contributed by atoms with E-state index < -0.39 is 0 Å². The van der Waals surface area contributed by atoms with Gasteiger partial charge in [-0.1, -0.05) is 30.7 Å². The van der Waals surface area contributed by atoms with Crippen molar-refractivity contribution >= 4 is 11.6 Å². The van der Waals surface area contributed by atoms with Gasteiger partial charge in [0.25, 0.3) is 0 Å². The molecule has 94 valence electrons. The van der Waals surface area contributed by atoms with Crippen molar-refractivity contribution in [3.8, 4) is 0 Å². The largest absolute Gasteiger partial charge is 0.305 e. The Morgan fingerprint density at radius 2 is 2.17 bits per heavy atom. The van der Waals surface area contributed by atoms with E-state index in [1.165, 1.54) is 12.1 Å². The van der Waals surface area contributed by atoms with Gasteiger partial charge in [-0.2, -0.15) is 0 Å². The predicted octanol–water partition coefficient (Wildman–Crippen LogP) is 3.57. The van der Waals surface area contributed by atoms with Gasteiger partial charge in [0, 0.05) is 6.20 Å². The van der Waals surface area contributed by atoms with E-state index in [0.29, 0.717) is 5.02 Å². The smallest absolute Gasteiger partial charge is 0.123 e. The highest BCUT2D eigenvalue weighted by Gasteiger charge is 2.14. The molecule has 2 rings (SSSR count). The van der Waals surface area contributed by atoms with Gasteiger partial charge in [0.05, 0.1) is 16.8 Å². The fourth-order valence-electron chi connectivity index (χ4n) is 1.84. The number of rotatable bonds is 4. The van der Waals surface area contributed by atoms with Gasteiger partial charge >= 0.3 is 0 Å². The van der Waals surface area contributed by atoms with Crippen LogP contribution in [0, 0.1) is 5.82 Å². The zero-order chi connectivity index (χ0) is 13.0. The predicted molar refractivity (Wildman–Crippen MR) is 71.2 cm³/mol. The van der Waals surface area contributed by atoms with Crippen LogP contribution < -0.4 is 5.32 Å². The quantitative estimate of drug-likeness (QED) is 0.913. The summed E-state index contributed by atoms with van der Waals surface area (Å²) in [5.41, 5.74) is 1.68. The third-order valence-corrected chi connectivity index (χ3v) is 2.86. The third-order valence-electron chi connectivity index (χ3n) is 2.64. The fourth-order valence-corrected chi connectivity index (χ4v) is 1.95. The molecule has 18 heavy (non-hydrogen) atoms.